The summed E-state index contributed by atoms with van der Waals surface area (Å²) >= 11 is 1.71. The Balaban J connectivity index is 0.000000189. The third-order valence-corrected chi connectivity index (χ3v) is 1.96. The van der Waals surface area contributed by atoms with Crippen LogP contribution in [0.5, 0.6) is 0 Å². The first kappa shape index (κ1) is 12.2. The highest BCUT2D eigenvalue weighted by Gasteiger charge is 2.05. The zero-order valence-corrected chi connectivity index (χ0v) is 9.06. The van der Waals surface area contributed by atoms with Crippen molar-refractivity contribution in [2.75, 3.05) is 6.54 Å². The van der Waals surface area contributed by atoms with E-state index in [1.165, 1.54) is 0 Å². The van der Waals surface area contributed by atoms with Crippen molar-refractivity contribution >= 4 is 17.2 Å². The zero-order valence-electron chi connectivity index (χ0n) is 8.25. The molecule has 0 unspecified atom stereocenters. The molecule has 1 fully saturated rings. The van der Waals surface area contributed by atoms with Crippen molar-refractivity contribution in [3.05, 3.63) is 22.9 Å². The first-order chi connectivity index (χ1) is 6.39. The Morgan fingerprint density at radius 1 is 1.31 bits per heavy atom. The van der Waals surface area contributed by atoms with Crippen LogP contribution in [0.2, 0.25) is 0 Å². The van der Waals surface area contributed by atoms with Crippen LogP contribution in [0.4, 0.5) is 0 Å². The molecule has 1 amide bonds. The fourth-order valence-corrected chi connectivity index (χ4v) is 1.25. The van der Waals surface area contributed by atoms with E-state index < -0.39 is 0 Å². The number of nitrogens with one attached hydrogen (secondary N) is 1. The first-order valence-electron chi connectivity index (χ1n) is 4.63. The van der Waals surface area contributed by atoms with Crippen LogP contribution in [0, 0.1) is 0 Å². The summed E-state index contributed by atoms with van der Waals surface area (Å²) in [5.41, 5.74) is 0. The number of amides is 1. The summed E-state index contributed by atoms with van der Waals surface area (Å²) in [5.74, 6) is 0.204. The molecule has 0 radical (unpaired) electrons. The fraction of sp³-hybridized carbons (Fsp3) is 0.500. The number of hydrogen-bond donors (Lipinski definition) is 1. The highest BCUT2D eigenvalue weighted by atomic mass is 32.1. The second-order valence-electron chi connectivity index (χ2n) is 2.25. The maximum absolute atomic E-state index is 10.1. The molecular formula is C10H17NOS. The summed E-state index contributed by atoms with van der Waals surface area (Å²) in [7, 11) is 0. The van der Waals surface area contributed by atoms with E-state index in [-0.39, 0.29) is 5.91 Å². The Labute approximate surface area is 84.0 Å². The summed E-state index contributed by atoms with van der Waals surface area (Å²) in [4.78, 5) is 10.1. The first-order valence-corrected chi connectivity index (χ1v) is 5.58. The Morgan fingerprint density at radius 3 is 2.08 bits per heavy atom. The number of carbonyl (C=O) groups is 1. The van der Waals surface area contributed by atoms with Gasteiger partial charge in [-0.3, -0.25) is 4.79 Å². The second kappa shape index (κ2) is 9.26. The molecule has 0 atom stereocenters. The number of carbonyl (C=O) groups excluding carboxylic acids is 1. The molecule has 1 aromatic heterocycles. The molecule has 13 heavy (non-hydrogen) atoms. The van der Waals surface area contributed by atoms with Crippen LogP contribution in [0.15, 0.2) is 22.9 Å². The van der Waals surface area contributed by atoms with Crippen LogP contribution in [0.1, 0.15) is 26.7 Å². The molecule has 1 saturated heterocycles. The topological polar surface area (TPSA) is 29.1 Å². The predicted molar refractivity (Wildman–Crippen MR) is 57.9 cm³/mol. The van der Waals surface area contributed by atoms with Gasteiger partial charge in [0.15, 0.2) is 0 Å². The summed E-state index contributed by atoms with van der Waals surface area (Å²) in [6.45, 7) is 4.89. The lowest BCUT2D eigenvalue weighted by molar-refractivity contribution is -0.119. The van der Waals surface area contributed by atoms with Crippen molar-refractivity contribution in [2.45, 2.75) is 26.7 Å². The van der Waals surface area contributed by atoms with Gasteiger partial charge in [-0.25, -0.2) is 0 Å². The molecule has 0 aromatic carbocycles. The Kier molecular flexibility index (Phi) is 8.67. The maximum Gasteiger partial charge on any atom is 0.220 e. The van der Waals surface area contributed by atoms with Gasteiger partial charge in [-0.2, -0.15) is 11.3 Å². The molecule has 0 spiro atoms. The van der Waals surface area contributed by atoms with Crippen molar-refractivity contribution in [1.82, 2.24) is 5.32 Å². The lowest BCUT2D eigenvalue weighted by Crippen LogP contribution is -2.12. The molecule has 1 aliphatic heterocycles. The Bertz CT molecular complexity index is 171. The average Bonchev–Trinajstić information content (AvgIpc) is 2.81. The van der Waals surface area contributed by atoms with Crippen molar-refractivity contribution in [2.24, 2.45) is 0 Å². The molecule has 2 nitrogen and oxygen atoms in total. The number of hydrogen-bond acceptors (Lipinski definition) is 2. The van der Waals surface area contributed by atoms with Crippen molar-refractivity contribution in [3.63, 3.8) is 0 Å². The molecule has 0 bridgehead atoms. The van der Waals surface area contributed by atoms with E-state index in [2.05, 4.69) is 5.32 Å². The van der Waals surface area contributed by atoms with Gasteiger partial charge in [0, 0.05) is 13.0 Å². The molecule has 3 heteroatoms. The van der Waals surface area contributed by atoms with E-state index >= 15 is 0 Å². The van der Waals surface area contributed by atoms with Crippen molar-refractivity contribution < 1.29 is 4.79 Å². The molecule has 1 N–H and O–H groups in total. The van der Waals surface area contributed by atoms with Gasteiger partial charge in [-0.05, 0) is 17.2 Å². The SMILES string of the molecule is CC.O=C1CCCN1.c1ccsc1. The lowest BCUT2D eigenvalue weighted by Gasteiger charge is -1.80. The van der Waals surface area contributed by atoms with Gasteiger partial charge in [-0.1, -0.05) is 26.0 Å². The lowest BCUT2D eigenvalue weighted by atomic mass is 10.4. The second-order valence-corrected chi connectivity index (χ2v) is 3.06. The molecular weight excluding hydrogens is 182 g/mol. The standard InChI is InChI=1S/C4H7NO.C4H4S.C2H6/c6-4-2-1-3-5-4;1-2-4-5-3-1;1-2/h1-3H2,(H,5,6);1-4H;1-2H3. The maximum atomic E-state index is 10.1. The third kappa shape index (κ3) is 7.53. The monoisotopic (exact) mass is 199 g/mol. The van der Waals surface area contributed by atoms with E-state index in [1.807, 2.05) is 36.7 Å². The normalized spacial score (nSPS) is 13.2. The van der Waals surface area contributed by atoms with Crippen LogP contribution in [-0.2, 0) is 4.79 Å². The van der Waals surface area contributed by atoms with Crippen LogP contribution in [0.3, 0.4) is 0 Å². The van der Waals surface area contributed by atoms with Gasteiger partial charge < -0.3 is 5.32 Å². The molecule has 0 aliphatic carbocycles. The van der Waals surface area contributed by atoms with E-state index in [1.54, 1.807) is 11.3 Å². The van der Waals surface area contributed by atoms with Gasteiger partial charge in [0.05, 0.1) is 0 Å². The van der Waals surface area contributed by atoms with E-state index in [0.29, 0.717) is 0 Å². The molecule has 1 aromatic rings. The van der Waals surface area contributed by atoms with Crippen LogP contribution >= 0.6 is 11.3 Å². The van der Waals surface area contributed by atoms with Gasteiger partial charge in [0.1, 0.15) is 0 Å². The third-order valence-electron chi connectivity index (χ3n) is 1.33. The minimum absolute atomic E-state index is 0.204. The van der Waals surface area contributed by atoms with Gasteiger partial charge >= 0.3 is 0 Å². The molecule has 2 heterocycles. The highest BCUT2D eigenvalue weighted by molar-refractivity contribution is 7.07. The van der Waals surface area contributed by atoms with E-state index in [4.69, 9.17) is 0 Å². The fourth-order valence-electron chi connectivity index (χ4n) is 0.792. The molecule has 1 aliphatic rings. The quantitative estimate of drug-likeness (QED) is 0.684. The molecule has 2 rings (SSSR count). The largest absolute Gasteiger partial charge is 0.356 e. The van der Waals surface area contributed by atoms with Crippen LogP contribution in [-0.4, -0.2) is 12.5 Å². The van der Waals surface area contributed by atoms with Crippen molar-refractivity contribution in [3.8, 4) is 0 Å². The minimum atomic E-state index is 0.204. The Morgan fingerprint density at radius 2 is 1.92 bits per heavy atom. The van der Waals surface area contributed by atoms with Crippen LogP contribution < -0.4 is 5.32 Å². The summed E-state index contributed by atoms with van der Waals surface area (Å²) < 4.78 is 0. The number of thiophene rings is 1. The summed E-state index contributed by atoms with van der Waals surface area (Å²) in [6, 6.07) is 4.04. The smallest absolute Gasteiger partial charge is 0.220 e. The molecule has 0 saturated carbocycles. The van der Waals surface area contributed by atoms with Gasteiger partial charge in [0.2, 0.25) is 5.91 Å². The van der Waals surface area contributed by atoms with E-state index in [9.17, 15) is 4.79 Å². The zero-order chi connectivity index (χ0) is 9.94. The number of rotatable bonds is 0. The minimum Gasteiger partial charge on any atom is -0.356 e. The van der Waals surface area contributed by atoms with Gasteiger partial charge in [0.25, 0.3) is 0 Å². The summed E-state index contributed by atoms with van der Waals surface area (Å²) in [6.07, 6.45) is 1.76. The van der Waals surface area contributed by atoms with E-state index in [0.717, 1.165) is 19.4 Å². The predicted octanol–water partition coefficient (Wildman–Crippen LogP) is 2.67. The molecule has 74 valence electrons. The van der Waals surface area contributed by atoms with Gasteiger partial charge in [-0.15, -0.1) is 0 Å². The Hall–Kier alpha value is -0.830. The average molecular weight is 199 g/mol. The highest BCUT2D eigenvalue weighted by Crippen LogP contribution is 1.93. The van der Waals surface area contributed by atoms with Crippen molar-refractivity contribution in [1.29, 1.82) is 0 Å². The van der Waals surface area contributed by atoms with Crippen LogP contribution in [0.25, 0.3) is 0 Å². The summed E-state index contributed by atoms with van der Waals surface area (Å²) in [5, 5.41) is 6.76.